The third-order valence-corrected chi connectivity index (χ3v) is 10.4. The highest BCUT2D eigenvalue weighted by molar-refractivity contribution is 6.09. The average Bonchev–Trinajstić information content (AvgIpc) is 3.67. The minimum absolute atomic E-state index is 0.263. The summed E-state index contributed by atoms with van der Waals surface area (Å²) in [5.74, 6) is 2.59. The van der Waals surface area contributed by atoms with E-state index in [1.807, 2.05) is 0 Å². The van der Waals surface area contributed by atoms with Crippen LogP contribution in [-0.2, 0) is 10.8 Å². The summed E-state index contributed by atoms with van der Waals surface area (Å²) in [6.45, 7) is 13.1. The van der Waals surface area contributed by atoms with Gasteiger partial charge in [-0.15, -0.1) is 0 Å². The van der Waals surface area contributed by atoms with Crippen molar-refractivity contribution in [3.05, 3.63) is 156 Å². The van der Waals surface area contributed by atoms with E-state index in [9.17, 15) is 0 Å². The normalized spacial score (nSPS) is 15.6. The molecule has 0 bridgehead atoms. The first kappa shape index (κ1) is 32.1. The second-order valence-electron chi connectivity index (χ2n) is 16.1. The molecule has 2 aliphatic rings. The van der Waals surface area contributed by atoms with E-state index in [4.69, 9.17) is 15.0 Å². The lowest BCUT2D eigenvalue weighted by molar-refractivity contribution is 0.497. The fourth-order valence-electron chi connectivity index (χ4n) is 7.87. The molecule has 0 saturated heterocycles. The molecule has 7 aromatic rings. The van der Waals surface area contributed by atoms with Gasteiger partial charge in [-0.1, -0.05) is 133 Å². The zero-order valence-electron chi connectivity index (χ0n) is 30.7. The van der Waals surface area contributed by atoms with Crippen molar-refractivity contribution in [2.24, 2.45) is 0 Å². The molecule has 0 amide bonds. The number of allylic oxidation sites excluding steroid dienone is 4. The molecule has 0 spiro atoms. The SMILES string of the molecule is CC(C)(C)c1nc(-c2cc(-c3ccccc3-n3c4ccccc4c4ccccc43)ccc2N2C3=CC=CCC3c3ccccc32)nc(C(C)(C)C)n1. The third kappa shape index (κ3) is 5.18. The lowest BCUT2D eigenvalue weighted by Crippen LogP contribution is -2.24. The van der Waals surface area contributed by atoms with Crippen molar-refractivity contribution < 1.29 is 0 Å². The van der Waals surface area contributed by atoms with Gasteiger partial charge in [-0.3, -0.25) is 0 Å². The summed E-state index contributed by atoms with van der Waals surface area (Å²) in [7, 11) is 0. The van der Waals surface area contributed by atoms with Crippen LogP contribution < -0.4 is 4.90 Å². The highest BCUT2D eigenvalue weighted by Gasteiger charge is 2.36. The Morgan fingerprint density at radius 2 is 1.17 bits per heavy atom. The Labute approximate surface area is 306 Å². The maximum Gasteiger partial charge on any atom is 0.165 e. The minimum Gasteiger partial charge on any atom is -0.313 e. The molecule has 52 heavy (non-hydrogen) atoms. The van der Waals surface area contributed by atoms with E-state index in [0.717, 1.165) is 46.1 Å². The van der Waals surface area contributed by atoms with Crippen molar-refractivity contribution in [2.75, 3.05) is 4.90 Å². The van der Waals surface area contributed by atoms with Crippen LogP contribution in [0.25, 0.3) is 50.0 Å². The molecule has 5 heteroatoms. The number of anilines is 2. The molecule has 1 atom stereocenters. The van der Waals surface area contributed by atoms with E-state index in [2.05, 4.69) is 184 Å². The topological polar surface area (TPSA) is 46.8 Å². The van der Waals surface area contributed by atoms with Gasteiger partial charge in [0.1, 0.15) is 11.6 Å². The summed E-state index contributed by atoms with van der Waals surface area (Å²) >= 11 is 0. The summed E-state index contributed by atoms with van der Waals surface area (Å²) in [5.41, 5.74) is 11.1. The molecule has 1 aliphatic heterocycles. The zero-order chi connectivity index (χ0) is 35.8. The van der Waals surface area contributed by atoms with E-state index in [1.54, 1.807) is 0 Å². The lowest BCUT2D eigenvalue weighted by Gasteiger charge is -2.28. The number of hydrogen-bond donors (Lipinski definition) is 0. The van der Waals surface area contributed by atoms with Crippen molar-refractivity contribution in [1.82, 2.24) is 19.5 Å². The molecule has 0 fully saturated rings. The summed E-state index contributed by atoms with van der Waals surface area (Å²) in [6.07, 6.45) is 7.73. The number of nitrogens with zero attached hydrogens (tertiary/aromatic N) is 5. The predicted molar refractivity (Wildman–Crippen MR) is 216 cm³/mol. The van der Waals surface area contributed by atoms with Gasteiger partial charge in [0.25, 0.3) is 0 Å². The fourth-order valence-corrected chi connectivity index (χ4v) is 7.87. The van der Waals surface area contributed by atoms with Gasteiger partial charge >= 0.3 is 0 Å². The Morgan fingerprint density at radius 3 is 1.85 bits per heavy atom. The van der Waals surface area contributed by atoms with E-state index < -0.39 is 0 Å². The molecule has 1 unspecified atom stereocenters. The van der Waals surface area contributed by atoms with Gasteiger partial charge in [0, 0.05) is 50.0 Å². The number of benzene rings is 5. The van der Waals surface area contributed by atoms with Gasteiger partial charge in [0.05, 0.1) is 22.4 Å². The smallest absolute Gasteiger partial charge is 0.165 e. The molecule has 0 radical (unpaired) electrons. The predicted octanol–water partition coefficient (Wildman–Crippen LogP) is 12.0. The highest BCUT2D eigenvalue weighted by Crippen LogP contribution is 2.52. The van der Waals surface area contributed by atoms with Crippen molar-refractivity contribution in [2.45, 2.75) is 64.7 Å². The van der Waals surface area contributed by atoms with E-state index in [1.165, 1.54) is 38.8 Å². The van der Waals surface area contributed by atoms with Gasteiger partial charge in [-0.05, 0) is 60.0 Å². The zero-order valence-corrected chi connectivity index (χ0v) is 30.7. The number of para-hydroxylation sites is 4. The molecule has 256 valence electrons. The maximum absolute atomic E-state index is 5.28. The number of aromatic nitrogens is 4. The first-order chi connectivity index (χ1) is 25.1. The Hall–Kier alpha value is -5.81. The monoisotopic (exact) mass is 677 g/mol. The van der Waals surface area contributed by atoms with Crippen molar-refractivity contribution in [1.29, 1.82) is 0 Å². The molecule has 9 rings (SSSR count). The molecular formula is C47H43N5. The first-order valence-electron chi connectivity index (χ1n) is 18.3. The maximum atomic E-state index is 5.28. The van der Waals surface area contributed by atoms with E-state index in [-0.39, 0.29) is 10.8 Å². The number of fused-ring (bicyclic) bond motifs is 6. The van der Waals surface area contributed by atoms with Crippen LogP contribution in [0, 0.1) is 0 Å². The van der Waals surface area contributed by atoms with Crippen LogP contribution in [0.15, 0.2) is 139 Å². The molecule has 5 nitrogen and oxygen atoms in total. The summed E-state index contributed by atoms with van der Waals surface area (Å²) < 4.78 is 2.41. The highest BCUT2D eigenvalue weighted by atomic mass is 15.2. The molecule has 0 N–H and O–H groups in total. The summed E-state index contributed by atoms with van der Waals surface area (Å²) in [5, 5.41) is 2.49. The van der Waals surface area contributed by atoms with Crippen LogP contribution in [0.5, 0.6) is 0 Å². The molecule has 3 heterocycles. The average molecular weight is 678 g/mol. The van der Waals surface area contributed by atoms with Crippen LogP contribution in [0.4, 0.5) is 11.4 Å². The Morgan fingerprint density at radius 1 is 0.577 bits per heavy atom. The van der Waals surface area contributed by atoms with Gasteiger partial charge in [-0.25, -0.2) is 15.0 Å². The van der Waals surface area contributed by atoms with Crippen LogP contribution in [-0.4, -0.2) is 19.5 Å². The second-order valence-corrected chi connectivity index (χ2v) is 16.1. The van der Waals surface area contributed by atoms with E-state index >= 15 is 0 Å². The van der Waals surface area contributed by atoms with Crippen molar-refractivity contribution in [3.63, 3.8) is 0 Å². The van der Waals surface area contributed by atoms with Crippen LogP contribution >= 0.6 is 0 Å². The first-order valence-corrected chi connectivity index (χ1v) is 18.3. The van der Waals surface area contributed by atoms with Crippen LogP contribution in [0.1, 0.15) is 71.1 Å². The standard InChI is InChI=1S/C47H43N5/c1-46(2,3)44-48-43(49-45(50-44)47(4,5)6)36-29-30(27-28-42(36)52-40-25-15-10-20-34(40)35-21-11-16-26-41(35)52)31-17-7-12-22-37(31)51-38-23-13-8-18-32(38)33-19-9-14-24-39(33)51/h7-20,22-29,35H,21H2,1-6H3. The Kier molecular flexibility index (Phi) is 7.34. The lowest BCUT2D eigenvalue weighted by atomic mass is 9.92. The molecule has 1 aliphatic carbocycles. The number of rotatable bonds is 4. The molecule has 2 aromatic heterocycles. The molecule has 0 saturated carbocycles. The Balaban J connectivity index is 1.33. The fraction of sp³-hybridized carbons (Fsp3) is 0.213. The Bertz CT molecular complexity index is 2500. The van der Waals surface area contributed by atoms with Gasteiger partial charge in [0.15, 0.2) is 5.82 Å². The third-order valence-electron chi connectivity index (χ3n) is 10.4. The number of hydrogen-bond acceptors (Lipinski definition) is 4. The quantitative estimate of drug-likeness (QED) is 0.186. The van der Waals surface area contributed by atoms with E-state index in [0.29, 0.717) is 11.7 Å². The molecular weight excluding hydrogens is 635 g/mol. The summed E-state index contributed by atoms with van der Waals surface area (Å²) in [4.78, 5) is 18.1. The second kappa shape index (κ2) is 11.9. The van der Waals surface area contributed by atoms with Crippen molar-refractivity contribution in [3.8, 4) is 28.2 Å². The van der Waals surface area contributed by atoms with Crippen molar-refractivity contribution >= 4 is 33.2 Å². The van der Waals surface area contributed by atoms with Gasteiger partial charge in [0.2, 0.25) is 0 Å². The van der Waals surface area contributed by atoms with Gasteiger partial charge < -0.3 is 9.47 Å². The van der Waals surface area contributed by atoms with Crippen LogP contribution in [0.3, 0.4) is 0 Å². The largest absolute Gasteiger partial charge is 0.313 e. The molecule has 5 aromatic carbocycles. The van der Waals surface area contributed by atoms with Crippen LogP contribution in [0.2, 0.25) is 0 Å². The minimum atomic E-state index is -0.263. The van der Waals surface area contributed by atoms with Gasteiger partial charge in [-0.2, -0.15) is 0 Å². The summed E-state index contributed by atoms with van der Waals surface area (Å²) in [6, 6.07) is 41.8.